The van der Waals surface area contributed by atoms with Gasteiger partial charge in [-0.2, -0.15) is 5.26 Å². The predicted octanol–water partition coefficient (Wildman–Crippen LogP) is 1.24. The summed E-state index contributed by atoms with van der Waals surface area (Å²) >= 11 is 1.23. The maximum atomic E-state index is 11.7. The fraction of sp³-hybridized carbons (Fsp3) is 0.0667. The van der Waals surface area contributed by atoms with E-state index in [1.54, 1.807) is 17.5 Å². The van der Waals surface area contributed by atoms with Gasteiger partial charge in [-0.3, -0.25) is 20.4 Å². The lowest BCUT2D eigenvalue weighted by atomic mass is 10.1. The molecular weight excluding hydrogens is 318 g/mol. The van der Waals surface area contributed by atoms with E-state index in [0.29, 0.717) is 10.4 Å². The van der Waals surface area contributed by atoms with Crippen LogP contribution in [-0.4, -0.2) is 24.4 Å². The third-order valence-electron chi connectivity index (χ3n) is 2.64. The van der Waals surface area contributed by atoms with Crippen molar-refractivity contribution in [3.63, 3.8) is 0 Å². The molecule has 0 aliphatic heterocycles. The van der Waals surface area contributed by atoms with E-state index < -0.39 is 24.4 Å². The smallest absolute Gasteiger partial charge is 0.338 e. The number of thiophene rings is 1. The Hall–Kier alpha value is -3.18. The van der Waals surface area contributed by atoms with Crippen molar-refractivity contribution >= 4 is 29.1 Å². The van der Waals surface area contributed by atoms with Gasteiger partial charge >= 0.3 is 5.97 Å². The number of ether oxygens (including phenoxy) is 1. The van der Waals surface area contributed by atoms with Crippen LogP contribution in [0.2, 0.25) is 0 Å². The lowest BCUT2D eigenvalue weighted by molar-refractivity contribution is -0.125. The highest BCUT2D eigenvalue weighted by Gasteiger charge is 2.11. The van der Waals surface area contributed by atoms with Gasteiger partial charge in [-0.15, -0.1) is 11.3 Å². The first-order chi connectivity index (χ1) is 11.1. The molecule has 0 fully saturated rings. The maximum Gasteiger partial charge on any atom is 0.338 e. The Morgan fingerprint density at radius 3 is 2.48 bits per heavy atom. The van der Waals surface area contributed by atoms with Crippen LogP contribution in [0.4, 0.5) is 0 Å². The number of carbonyl (C=O) groups excluding carboxylic acids is 3. The highest BCUT2D eigenvalue weighted by molar-refractivity contribution is 7.12. The summed E-state index contributed by atoms with van der Waals surface area (Å²) in [5.74, 6) is -1.82. The van der Waals surface area contributed by atoms with Gasteiger partial charge in [0.25, 0.3) is 11.8 Å². The zero-order valence-electron chi connectivity index (χ0n) is 11.7. The first kappa shape index (κ1) is 16.2. The lowest BCUT2D eigenvalue weighted by Crippen LogP contribution is -2.43. The first-order valence-corrected chi connectivity index (χ1v) is 7.28. The van der Waals surface area contributed by atoms with Gasteiger partial charge in [-0.1, -0.05) is 6.07 Å². The number of carbonyl (C=O) groups is 3. The number of hydrazine groups is 1. The molecular formula is C15H11N3O4S. The van der Waals surface area contributed by atoms with Gasteiger partial charge in [0.05, 0.1) is 22.1 Å². The molecule has 0 saturated heterocycles. The number of nitrogens with zero attached hydrogens (tertiary/aromatic N) is 1. The molecule has 0 aliphatic carbocycles. The highest BCUT2D eigenvalue weighted by atomic mass is 32.1. The van der Waals surface area contributed by atoms with Crippen LogP contribution in [0.5, 0.6) is 0 Å². The summed E-state index contributed by atoms with van der Waals surface area (Å²) in [6.45, 7) is -0.538. The van der Waals surface area contributed by atoms with Gasteiger partial charge in [-0.05, 0) is 35.7 Å². The molecule has 1 heterocycles. The number of amides is 2. The van der Waals surface area contributed by atoms with Gasteiger partial charge in [0.15, 0.2) is 6.61 Å². The van der Waals surface area contributed by atoms with Crippen molar-refractivity contribution in [3.05, 3.63) is 57.8 Å². The fourth-order valence-electron chi connectivity index (χ4n) is 1.53. The van der Waals surface area contributed by atoms with Gasteiger partial charge < -0.3 is 4.74 Å². The van der Waals surface area contributed by atoms with Crippen molar-refractivity contribution in [1.29, 1.82) is 5.26 Å². The maximum absolute atomic E-state index is 11.7. The summed E-state index contributed by atoms with van der Waals surface area (Å²) in [6, 6.07) is 11.0. The van der Waals surface area contributed by atoms with Gasteiger partial charge in [0.1, 0.15) is 0 Å². The Labute approximate surface area is 135 Å². The molecule has 8 heteroatoms. The summed E-state index contributed by atoms with van der Waals surface area (Å²) in [6.07, 6.45) is 0. The van der Waals surface area contributed by atoms with Crippen LogP contribution >= 0.6 is 11.3 Å². The fourth-order valence-corrected chi connectivity index (χ4v) is 2.15. The van der Waals surface area contributed by atoms with E-state index in [4.69, 9.17) is 10.00 Å². The Bertz CT molecular complexity index is 748. The molecule has 2 rings (SSSR count). The van der Waals surface area contributed by atoms with E-state index in [-0.39, 0.29) is 5.56 Å². The molecule has 0 atom stereocenters. The second-order valence-electron chi connectivity index (χ2n) is 4.24. The van der Waals surface area contributed by atoms with Crippen molar-refractivity contribution in [2.75, 3.05) is 6.61 Å². The molecule has 2 amide bonds. The number of hydrogen-bond acceptors (Lipinski definition) is 6. The van der Waals surface area contributed by atoms with Crippen molar-refractivity contribution < 1.29 is 19.1 Å². The van der Waals surface area contributed by atoms with Crippen LogP contribution in [0, 0.1) is 11.3 Å². The quantitative estimate of drug-likeness (QED) is 0.648. The van der Waals surface area contributed by atoms with Crippen molar-refractivity contribution in [1.82, 2.24) is 10.9 Å². The van der Waals surface area contributed by atoms with E-state index in [2.05, 4.69) is 10.9 Å². The molecule has 0 radical (unpaired) electrons. The molecule has 7 nitrogen and oxygen atoms in total. The summed E-state index contributed by atoms with van der Waals surface area (Å²) in [4.78, 5) is 35.2. The molecule has 116 valence electrons. The van der Waals surface area contributed by atoms with Gasteiger partial charge in [0.2, 0.25) is 0 Å². The van der Waals surface area contributed by atoms with Crippen LogP contribution in [-0.2, 0) is 9.53 Å². The molecule has 1 aromatic heterocycles. The van der Waals surface area contributed by atoms with E-state index >= 15 is 0 Å². The number of hydrogen-bond donors (Lipinski definition) is 2. The van der Waals surface area contributed by atoms with E-state index in [9.17, 15) is 14.4 Å². The molecule has 2 aromatic rings. The lowest BCUT2D eigenvalue weighted by Gasteiger charge is -2.07. The summed E-state index contributed by atoms with van der Waals surface area (Å²) in [7, 11) is 0. The molecule has 0 saturated carbocycles. The van der Waals surface area contributed by atoms with Gasteiger partial charge in [-0.25, -0.2) is 4.79 Å². The second kappa shape index (κ2) is 7.72. The number of nitriles is 1. The minimum Gasteiger partial charge on any atom is -0.452 e. The molecule has 0 aliphatic rings. The number of esters is 1. The Morgan fingerprint density at radius 1 is 1.13 bits per heavy atom. The average Bonchev–Trinajstić information content (AvgIpc) is 3.12. The molecule has 0 unspecified atom stereocenters. The van der Waals surface area contributed by atoms with Crippen LogP contribution in [0.3, 0.4) is 0 Å². The molecule has 0 bridgehead atoms. The molecule has 2 N–H and O–H groups in total. The topological polar surface area (TPSA) is 108 Å². The van der Waals surface area contributed by atoms with Crippen LogP contribution in [0.1, 0.15) is 25.6 Å². The van der Waals surface area contributed by atoms with E-state index in [0.717, 1.165) is 0 Å². The SMILES string of the molecule is N#Cc1ccc(C(=O)OCC(=O)NNC(=O)c2cccs2)cc1. The van der Waals surface area contributed by atoms with Crippen LogP contribution < -0.4 is 10.9 Å². The van der Waals surface area contributed by atoms with Gasteiger partial charge in [0, 0.05) is 0 Å². The second-order valence-corrected chi connectivity index (χ2v) is 5.19. The number of nitrogens with one attached hydrogen (secondary N) is 2. The van der Waals surface area contributed by atoms with Crippen molar-refractivity contribution in [2.45, 2.75) is 0 Å². The predicted molar refractivity (Wildman–Crippen MR) is 81.4 cm³/mol. The van der Waals surface area contributed by atoms with Crippen molar-refractivity contribution in [3.8, 4) is 6.07 Å². The zero-order chi connectivity index (χ0) is 16.7. The van der Waals surface area contributed by atoms with E-state index in [1.165, 1.54) is 35.6 Å². The largest absolute Gasteiger partial charge is 0.452 e. The Kier molecular flexibility index (Phi) is 5.44. The number of benzene rings is 1. The summed E-state index contributed by atoms with van der Waals surface area (Å²) < 4.78 is 4.80. The summed E-state index contributed by atoms with van der Waals surface area (Å²) in [5, 5.41) is 10.4. The molecule has 0 spiro atoms. The Morgan fingerprint density at radius 2 is 1.87 bits per heavy atom. The van der Waals surface area contributed by atoms with E-state index in [1.807, 2.05) is 6.07 Å². The third-order valence-corrected chi connectivity index (χ3v) is 3.51. The standard InChI is InChI=1S/C15H11N3O4S/c16-8-10-3-5-11(6-4-10)15(21)22-9-13(19)17-18-14(20)12-2-1-7-23-12/h1-7H,9H2,(H,17,19)(H,18,20). The minimum absolute atomic E-state index is 0.222. The third kappa shape index (κ3) is 4.66. The molecule has 23 heavy (non-hydrogen) atoms. The first-order valence-electron chi connectivity index (χ1n) is 6.40. The number of rotatable bonds is 4. The minimum atomic E-state index is -0.700. The normalized spacial score (nSPS) is 9.52. The average molecular weight is 329 g/mol. The Balaban J connectivity index is 1.76. The molecule has 1 aromatic carbocycles. The summed E-state index contributed by atoms with van der Waals surface area (Å²) in [5.41, 5.74) is 4.99. The monoisotopic (exact) mass is 329 g/mol. The zero-order valence-corrected chi connectivity index (χ0v) is 12.6. The van der Waals surface area contributed by atoms with Crippen LogP contribution in [0.15, 0.2) is 41.8 Å². The van der Waals surface area contributed by atoms with Crippen molar-refractivity contribution in [2.24, 2.45) is 0 Å². The van der Waals surface area contributed by atoms with Crippen LogP contribution in [0.25, 0.3) is 0 Å². The highest BCUT2D eigenvalue weighted by Crippen LogP contribution is 2.07.